The minimum absolute atomic E-state index is 0. The Morgan fingerprint density at radius 3 is 1.81 bits per heavy atom. The Morgan fingerprint density at radius 2 is 1.16 bits per heavy atom. The van der Waals surface area contributed by atoms with Crippen molar-refractivity contribution in [3.05, 3.63) is 125 Å². The summed E-state index contributed by atoms with van der Waals surface area (Å²) in [6.45, 7) is 36.8. The molecule has 0 radical (unpaired) electrons. The number of allylic oxidation sites excluding steroid dienone is 2. The van der Waals surface area contributed by atoms with Crippen molar-refractivity contribution in [1.29, 1.82) is 0 Å². The van der Waals surface area contributed by atoms with E-state index in [1.807, 2.05) is 40.9 Å². The summed E-state index contributed by atoms with van der Waals surface area (Å²) in [6, 6.07) is 21.2. The lowest BCUT2D eigenvalue weighted by Gasteiger charge is -2.19. The highest BCUT2D eigenvalue weighted by molar-refractivity contribution is 5.82. The molecule has 0 saturated heterocycles. The molecule has 0 fully saturated rings. The van der Waals surface area contributed by atoms with E-state index in [4.69, 9.17) is 4.74 Å². The van der Waals surface area contributed by atoms with Crippen molar-refractivity contribution < 1.29 is 4.74 Å². The Bertz CT molecular complexity index is 2660. The topological polar surface area (TPSA) is 93.4 Å². The van der Waals surface area contributed by atoms with Gasteiger partial charge in [0.2, 0.25) is 5.88 Å². The highest BCUT2D eigenvalue weighted by Crippen LogP contribution is 2.35. The van der Waals surface area contributed by atoms with E-state index in [0.717, 1.165) is 81.9 Å². The summed E-state index contributed by atoms with van der Waals surface area (Å²) >= 11 is 0. The van der Waals surface area contributed by atoms with E-state index in [9.17, 15) is 0 Å². The molecule has 10 nitrogen and oxygen atoms in total. The van der Waals surface area contributed by atoms with Crippen LogP contribution >= 0.6 is 0 Å². The number of ether oxygens (including phenoxy) is 1. The predicted octanol–water partition coefficient (Wildman–Crippen LogP) is 15.5. The van der Waals surface area contributed by atoms with Gasteiger partial charge in [0.1, 0.15) is 5.65 Å². The van der Waals surface area contributed by atoms with E-state index < -0.39 is 0 Å². The summed E-state index contributed by atoms with van der Waals surface area (Å²) in [5, 5.41) is 16.3. The third-order valence-corrected chi connectivity index (χ3v) is 12.5. The monoisotopic (exact) mass is 994 g/mol. The normalized spacial score (nSPS) is 14.3. The molecule has 8 heterocycles. The second-order valence-electron chi connectivity index (χ2n) is 26.6. The van der Waals surface area contributed by atoms with Crippen molar-refractivity contribution >= 4 is 27.5 Å². The lowest BCUT2D eigenvalue weighted by Crippen LogP contribution is -2.15. The van der Waals surface area contributed by atoms with Crippen molar-refractivity contribution in [3.63, 3.8) is 0 Å². The lowest BCUT2D eigenvalue weighted by molar-refractivity contribution is 0.230. The molecule has 2 aliphatic heterocycles. The molecule has 7 aromatic rings. The van der Waals surface area contributed by atoms with Crippen molar-refractivity contribution in [3.8, 4) is 5.88 Å². The van der Waals surface area contributed by atoms with Gasteiger partial charge in [-0.2, -0.15) is 15.3 Å². The van der Waals surface area contributed by atoms with Gasteiger partial charge in [-0.15, -0.1) is 0 Å². The van der Waals surface area contributed by atoms with E-state index in [-0.39, 0.29) is 12.8 Å². The summed E-state index contributed by atoms with van der Waals surface area (Å²) in [5.74, 6) is 0.940. The Labute approximate surface area is 441 Å². The Balaban J connectivity index is 0.000000169. The highest BCUT2D eigenvalue weighted by Gasteiger charge is 2.22. The summed E-state index contributed by atoms with van der Waals surface area (Å²) < 4.78 is 13.8. The van der Waals surface area contributed by atoms with Gasteiger partial charge in [0.05, 0.1) is 34.9 Å². The Kier molecular flexibility index (Phi) is 19.4. The first-order chi connectivity index (χ1) is 33.6. The number of nitrogens with zero attached hydrogens (tertiary/aromatic N) is 9. The first-order valence-electron chi connectivity index (χ1n) is 26.8. The summed E-state index contributed by atoms with van der Waals surface area (Å²) in [5.41, 5.74) is 14.5. The van der Waals surface area contributed by atoms with Crippen LogP contribution in [0, 0.1) is 27.1 Å². The second kappa shape index (κ2) is 24.2. The SMILES string of the molecule is C.CC(C)(C)CC1=CCc2ncccc21.CC(C)(C)Cc1cc2n(n1)CCCC2.CC(C)(C)Cc1cc2n(n1)CCCO2.Cn1cc(CC(C)(C)C)c2cccnc21.Cn1nc(CC(C)(C)C)c2ccccc21. The van der Waals surface area contributed by atoms with E-state index in [1.54, 1.807) is 0 Å². The van der Waals surface area contributed by atoms with Crippen LogP contribution in [-0.4, -0.2) is 50.5 Å². The van der Waals surface area contributed by atoms with Gasteiger partial charge in [0, 0.05) is 81.1 Å². The predicted molar refractivity (Wildman–Crippen MR) is 308 cm³/mol. The number of aromatic nitrogens is 9. The first-order valence-corrected chi connectivity index (χ1v) is 26.8. The molecule has 1 aromatic carbocycles. The van der Waals surface area contributed by atoms with E-state index in [0.29, 0.717) is 21.7 Å². The molecule has 398 valence electrons. The van der Waals surface area contributed by atoms with Crippen LogP contribution in [0.5, 0.6) is 5.88 Å². The van der Waals surface area contributed by atoms with Crippen LogP contribution in [0.15, 0.2) is 85.3 Å². The fraction of sp³-hybridized carbons (Fsp3) is 0.571. The molecule has 0 bridgehead atoms. The van der Waals surface area contributed by atoms with Crippen LogP contribution in [0.4, 0.5) is 0 Å². The third-order valence-electron chi connectivity index (χ3n) is 12.5. The number of benzene rings is 1. The maximum atomic E-state index is 5.52. The number of fused-ring (bicyclic) bond motifs is 5. The van der Waals surface area contributed by atoms with Crippen molar-refractivity contribution in [1.82, 2.24) is 43.9 Å². The van der Waals surface area contributed by atoms with Gasteiger partial charge in [0.15, 0.2) is 0 Å². The van der Waals surface area contributed by atoms with Crippen molar-refractivity contribution in [2.45, 2.75) is 189 Å². The Hall–Kier alpha value is -5.51. The zero-order valence-electron chi connectivity index (χ0n) is 47.7. The standard InChI is InChI=1S/2C13H18N2.C13H17N.C12H20N2.C11H18N2O.CH4/c1-13(2,3)8-10-9-15(4)12-11(10)6-5-7-14-12;1-13(2,3)9-11-10-7-5-6-8-12(10)15(4)14-11;1-13(2,3)9-10-6-7-12-11(10)5-4-8-14-12;1-12(2,3)9-10-8-11-6-4-5-7-14(11)13-10;1-11(2,3)8-9-7-10-13(12-9)5-4-6-14-10;/h5-7,9H,8H2,1-4H3;5-8H,9H2,1-4H3;4-6,8H,7,9H2,1-3H3;8H,4-7,9H2,1-3H3;7H,4-6,8H2,1-3H3;1H4. The van der Waals surface area contributed by atoms with Gasteiger partial charge in [-0.25, -0.2) is 9.67 Å². The highest BCUT2D eigenvalue weighted by atomic mass is 16.5. The molecule has 3 aliphatic rings. The van der Waals surface area contributed by atoms with Gasteiger partial charge in [0.25, 0.3) is 0 Å². The van der Waals surface area contributed by atoms with Crippen LogP contribution in [0.25, 0.3) is 27.5 Å². The lowest BCUT2D eigenvalue weighted by atomic mass is 9.86. The van der Waals surface area contributed by atoms with Crippen LogP contribution in [0.2, 0.25) is 0 Å². The average Bonchev–Trinajstić information content (AvgIpc) is 4.10. The maximum absolute atomic E-state index is 5.52. The zero-order chi connectivity index (χ0) is 52.6. The zero-order valence-corrected chi connectivity index (χ0v) is 47.7. The minimum atomic E-state index is 0. The van der Waals surface area contributed by atoms with Gasteiger partial charge in [-0.3, -0.25) is 14.3 Å². The number of pyridine rings is 2. The number of rotatable bonds is 5. The van der Waals surface area contributed by atoms with Crippen LogP contribution in [-0.2, 0) is 65.7 Å². The molecule has 0 saturated carbocycles. The largest absolute Gasteiger partial charge is 0.478 e. The van der Waals surface area contributed by atoms with E-state index in [1.165, 1.54) is 75.0 Å². The number of aryl methyl sites for hydroxylation is 5. The molecule has 0 amide bonds. The molecule has 1 aliphatic carbocycles. The van der Waals surface area contributed by atoms with E-state index in [2.05, 4.69) is 206 Å². The van der Waals surface area contributed by atoms with Crippen molar-refractivity contribution in [2.24, 2.45) is 41.2 Å². The molecule has 0 N–H and O–H groups in total. The van der Waals surface area contributed by atoms with Gasteiger partial charge in [-0.1, -0.05) is 142 Å². The number of para-hydroxylation sites is 1. The fourth-order valence-corrected chi connectivity index (χ4v) is 9.74. The van der Waals surface area contributed by atoms with Crippen LogP contribution in [0.3, 0.4) is 0 Å². The molecule has 10 rings (SSSR count). The summed E-state index contributed by atoms with van der Waals surface area (Å²) in [4.78, 5) is 8.78. The second-order valence-corrected chi connectivity index (χ2v) is 26.6. The van der Waals surface area contributed by atoms with Crippen LogP contribution < -0.4 is 4.74 Å². The minimum Gasteiger partial charge on any atom is -0.478 e. The number of hydrogen-bond acceptors (Lipinski definition) is 6. The summed E-state index contributed by atoms with van der Waals surface area (Å²) in [6.07, 6.45) is 19.5. The maximum Gasteiger partial charge on any atom is 0.211 e. The molecule has 6 aromatic heterocycles. The molecule has 10 heteroatoms. The smallest absolute Gasteiger partial charge is 0.211 e. The van der Waals surface area contributed by atoms with Gasteiger partial charge >= 0.3 is 0 Å². The Morgan fingerprint density at radius 1 is 0.575 bits per heavy atom. The quantitative estimate of drug-likeness (QED) is 0.171. The number of hydrogen-bond donors (Lipinski definition) is 0. The first kappa shape index (κ1) is 58.4. The van der Waals surface area contributed by atoms with Crippen LogP contribution in [0.1, 0.15) is 177 Å². The average molecular weight is 995 g/mol. The molecule has 0 atom stereocenters. The van der Waals surface area contributed by atoms with Gasteiger partial charge in [-0.05, 0) is 125 Å². The summed E-state index contributed by atoms with van der Waals surface area (Å²) in [7, 11) is 4.07. The van der Waals surface area contributed by atoms with Gasteiger partial charge < -0.3 is 9.30 Å². The molecular weight excluding hydrogens is 899 g/mol. The molecule has 73 heavy (non-hydrogen) atoms. The molecule has 0 spiro atoms. The molecular formula is C63H95N9O. The molecule has 0 unspecified atom stereocenters. The third kappa shape index (κ3) is 18.1. The fourth-order valence-electron chi connectivity index (χ4n) is 9.74. The van der Waals surface area contributed by atoms with E-state index >= 15 is 0 Å². The van der Waals surface area contributed by atoms with Crippen molar-refractivity contribution in [2.75, 3.05) is 6.61 Å².